The Hall–Kier alpha value is -2.31. The first-order chi connectivity index (χ1) is 12.3. The molecule has 0 saturated heterocycles. The Kier molecular flexibility index (Phi) is 6.09. The van der Waals surface area contributed by atoms with Crippen LogP contribution in [0.25, 0.3) is 11.3 Å². The molecule has 6 heteroatoms. The van der Waals surface area contributed by atoms with Gasteiger partial charge in [-0.15, -0.1) is 11.3 Å². The van der Waals surface area contributed by atoms with E-state index >= 15 is 0 Å². The summed E-state index contributed by atoms with van der Waals surface area (Å²) in [4.78, 5) is 16.6. The standard InChI is InChI=1S/C19H18N2O2S2/c1-23-17-10-6-5-9-15(17)11-20-18(22)13-25-19-21-16(12-24-19)14-7-3-2-4-8-14/h2-10,12H,11,13H2,1H3,(H,20,22). The van der Waals surface area contributed by atoms with Crippen molar-refractivity contribution in [1.82, 2.24) is 10.3 Å². The van der Waals surface area contributed by atoms with Crippen molar-refractivity contribution in [3.8, 4) is 17.0 Å². The summed E-state index contributed by atoms with van der Waals surface area (Å²) < 4.78 is 6.18. The van der Waals surface area contributed by atoms with Gasteiger partial charge in [0, 0.05) is 23.1 Å². The molecule has 1 aromatic heterocycles. The zero-order valence-corrected chi connectivity index (χ0v) is 15.4. The molecule has 3 aromatic rings. The Morgan fingerprint density at radius 2 is 1.92 bits per heavy atom. The molecule has 0 spiro atoms. The molecule has 1 N–H and O–H groups in total. The number of aromatic nitrogens is 1. The van der Waals surface area contributed by atoms with Crippen molar-refractivity contribution in [2.45, 2.75) is 10.9 Å². The van der Waals surface area contributed by atoms with Crippen molar-refractivity contribution in [3.63, 3.8) is 0 Å². The van der Waals surface area contributed by atoms with Crippen LogP contribution in [0.15, 0.2) is 64.3 Å². The number of hydrogen-bond acceptors (Lipinski definition) is 5. The Labute approximate surface area is 155 Å². The average Bonchev–Trinajstić information content (AvgIpc) is 3.14. The molecule has 0 atom stereocenters. The number of amides is 1. The average molecular weight is 370 g/mol. The molecule has 2 aromatic carbocycles. The molecule has 0 unspecified atom stereocenters. The number of thioether (sulfide) groups is 1. The highest BCUT2D eigenvalue weighted by Gasteiger charge is 2.09. The van der Waals surface area contributed by atoms with Crippen molar-refractivity contribution < 1.29 is 9.53 Å². The van der Waals surface area contributed by atoms with Crippen molar-refractivity contribution in [3.05, 3.63) is 65.5 Å². The fraction of sp³-hybridized carbons (Fsp3) is 0.158. The van der Waals surface area contributed by atoms with Crippen molar-refractivity contribution in [2.75, 3.05) is 12.9 Å². The number of nitrogens with one attached hydrogen (secondary N) is 1. The van der Waals surface area contributed by atoms with Crippen LogP contribution in [-0.2, 0) is 11.3 Å². The number of ether oxygens (including phenoxy) is 1. The lowest BCUT2D eigenvalue weighted by atomic mass is 10.2. The van der Waals surface area contributed by atoms with Gasteiger partial charge in [0.05, 0.1) is 18.6 Å². The molecule has 3 rings (SSSR count). The fourth-order valence-corrected chi connectivity index (χ4v) is 3.95. The van der Waals surface area contributed by atoms with E-state index in [0.717, 1.165) is 26.9 Å². The van der Waals surface area contributed by atoms with Gasteiger partial charge < -0.3 is 10.1 Å². The molecule has 25 heavy (non-hydrogen) atoms. The van der Waals surface area contributed by atoms with Crippen LogP contribution >= 0.6 is 23.1 Å². The number of rotatable bonds is 7. The molecule has 0 fully saturated rings. The largest absolute Gasteiger partial charge is 0.496 e. The highest BCUT2D eigenvalue weighted by atomic mass is 32.2. The minimum Gasteiger partial charge on any atom is -0.496 e. The Morgan fingerprint density at radius 3 is 2.72 bits per heavy atom. The lowest BCUT2D eigenvalue weighted by molar-refractivity contribution is -0.118. The predicted octanol–water partition coefficient (Wildman–Crippen LogP) is 4.23. The van der Waals surface area contributed by atoms with Crippen LogP contribution in [0.1, 0.15) is 5.56 Å². The zero-order valence-electron chi connectivity index (χ0n) is 13.8. The molecular weight excluding hydrogens is 352 g/mol. The monoisotopic (exact) mass is 370 g/mol. The number of benzene rings is 2. The summed E-state index contributed by atoms with van der Waals surface area (Å²) in [5.41, 5.74) is 3.00. The van der Waals surface area contributed by atoms with Gasteiger partial charge in [0.25, 0.3) is 0 Å². The molecule has 0 aliphatic rings. The van der Waals surface area contributed by atoms with Gasteiger partial charge in [-0.25, -0.2) is 4.98 Å². The fourth-order valence-electron chi connectivity index (χ4n) is 2.29. The van der Waals surface area contributed by atoms with Crippen LogP contribution < -0.4 is 10.1 Å². The maximum Gasteiger partial charge on any atom is 0.230 e. The summed E-state index contributed by atoms with van der Waals surface area (Å²) in [5, 5.41) is 4.94. The molecule has 0 aliphatic carbocycles. The van der Waals surface area contributed by atoms with Crippen LogP contribution in [0.4, 0.5) is 0 Å². The van der Waals surface area contributed by atoms with E-state index in [2.05, 4.69) is 10.3 Å². The van der Waals surface area contributed by atoms with Crippen LogP contribution in [-0.4, -0.2) is 23.8 Å². The first-order valence-corrected chi connectivity index (χ1v) is 9.65. The molecule has 4 nitrogen and oxygen atoms in total. The summed E-state index contributed by atoms with van der Waals surface area (Å²) in [6.45, 7) is 0.455. The molecular formula is C19H18N2O2S2. The lowest BCUT2D eigenvalue weighted by Gasteiger charge is -2.09. The van der Waals surface area contributed by atoms with E-state index in [9.17, 15) is 4.79 Å². The van der Waals surface area contributed by atoms with Gasteiger partial charge in [0.2, 0.25) is 5.91 Å². The van der Waals surface area contributed by atoms with E-state index in [-0.39, 0.29) is 5.91 Å². The molecule has 0 radical (unpaired) electrons. The van der Waals surface area contributed by atoms with E-state index in [1.807, 2.05) is 60.0 Å². The summed E-state index contributed by atoms with van der Waals surface area (Å²) >= 11 is 3.01. The third-order valence-electron chi connectivity index (χ3n) is 3.55. The van der Waals surface area contributed by atoms with E-state index in [0.29, 0.717) is 12.3 Å². The number of nitrogens with zero attached hydrogens (tertiary/aromatic N) is 1. The molecule has 1 amide bonds. The highest BCUT2D eigenvalue weighted by molar-refractivity contribution is 8.01. The van der Waals surface area contributed by atoms with E-state index in [1.54, 1.807) is 18.4 Å². The summed E-state index contributed by atoms with van der Waals surface area (Å²) in [5.74, 6) is 1.10. The lowest BCUT2D eigenvalue weighted by Crippen LogP contribution is -2.24. The first kappa shape index (κ1) is 17.5. The molecule has 0 saturated carbocycles. The number of methoxy groups -OCH3 is 1. The number of carbonyl (C=O) groups is 1. The third kappa shape index (κ3) is 4.84. The van der Waals surface area contributed by atoms with E-state index < -0.39 is 0 Å². The number of hydrogen-bond donors (Lipinski definition) is 1. The number of thiazole rings is 1. The number of para-hydroxylation sites is 1. The first-order valence-electron chi connectivity index (χ1n) is 7.78. The predicted molar refractivity (Wildman–Crippen MR) is 103 cm³/mol. The van der Waals surface area contributed by atoms with Crippen molar-refractivity contribution in [2.24, 2.45) is 0 Å². The van der Waals surface area contributed by atoms with Gasteiger partial charge in [-0.1, -0.05) is 60.3 Å². The topological polar surface area (TPSA) is 51.2 Å². The number of carbonyl (C=O) groups excluding carboxylic acids is 1. The minimum atomic E-state index is -0.0210. The van der Waals surface area contributed by atoms with Crippen molar-refractivity contribution >= 4 is 29.0 Å². The van der Waals surface area contributed by atoms with Gasteiger partial charge in [0.1, 0.15) is 5.75 Å². The van der Waals surface area contributed by atoms with E-state index in [1.165, 1.54) is 11.8 Å². The Bertz CT molecular complexity index is 834. The highest BCUT2D eigenvalue weighted by Crippen LogP contribution is 2.28. The second-order valence-corrected chi connectivity index (χ2v) is 7.32. The zero-order chi connectivity index (χ0) is 17.5. The Morgan fingerprint density at radius 1 is 1.16 bits per heavy atom. The van der Waals surface area contributed by atoms with Crippen LogP contribution in [0.3, 0.4) is 0 Å². The molecule has 0 bridgehead atoms. The quantitative estimate of drug-likeness (QED) is 0.633. The maximum atomic E-state index is 12.1. The molecule has 1 heterocycles. The summed E-state index contributed by atoms with van der Waals surface area (Å²) in [6, 6.07) is 17.7. The normalized spacial score (nSPS) is 10.4. The molecule has 0 aliphatic heterocycles. The summed E-state index contributed by atoms with van der Waals surface area (Å²) in [7, 11) is 1.63. The van der Waals surface area contributed by atoms with Crippen LogP contribution in [0.2, 0.25) is 0 Å². The second-order valence-electron chi connectivity index (χ2n) is 5.24. The van der Waals surface area contributed by atoms with Gasteiger partial charge in [-0.3, -0.25) is 4.79 Å². The van der Waals surface area contributed by atoms with Gasteiger partial charge >= 0.3 is 0 Å². The Balaban J connectivity index is 1.50. The maximum absolute atomic E-state index is 12.1. The van der Waals surface area contributed by atoms with Crippen LogP contribution in [0.5, 0.6) is 5.75 Å². The van der Waals surface area contributed by atoms with E-state index in [4.69, 9.17) is 4.74 Å². The van der Waals surface area contributed by atoms with Gasteiger partial charge in [-0.05, 0) is 6.07 Å². The van der Waals surface area contributed by atoms with Gasteiger partial charge in [-0.2, -0.15) is 0 Å². The SMILES string of the molecule is COc1ccccc1CNC(=O)CSc1nc(-c2ccccc2)cs1. The summed E-state index contributed by atoms with van der Waals surface area (Å²) in [6.07, 6.45) is 0. The minimum absolute atomic E-state index is 0.0210. The van der Waals surface area contributed by atoms with Gasteiger partial charge in [0.15, 0.2) is 4.34 Å². The smallest absolute Gasteiger partial charge is 0.230 e. The molecule has 128 valence electrons. The van der Waals surface area contributed by atoms with Crippen molar-refractivity contribution in [1.29, 1.82) is 0 Å². The second kappa shape index (κ2) is 8.69. The van der Waals surface area contributed by atoms with Crippen LogP contribution in [0, 0.1) is 0 Å². The third-order valence-corrected chi connectivity index (χ3v) is 5.57.